The third kappa shape index (κ3) is 5.21. The number of carbonyl (C=O) groups is 1. The van der Waals surface area contributed by atoms with Crippen molar-refractivity contribution in [2.75, 3.05) is 27.4 Å². The van der Waals surface area contributed by atoms with Gasteiger partial charge in [0.25, 0.3) is 5.56 Å². The van der Waals surface area contributed by atoms with E-state index in [2.05, 4.69) is 20.9 Å². The van der Waals surface area contributed by atoms with Crippen molar-refractivity contribution in [3.05, 3.63) is 83.0 Å². The Morgan fingerprint density at radius 2 is 1.81 bits per heavy atom. The number of methoxy groups -OCH3 is 2. The van der Waals surface area contributed by atoms with E-state index in [0.29, 0.717) is 50.0 Å². The van der Waals surface area contributed by atoms with Crippen molar-refractivity contribution in [2.24, 2.45) is 4.99 Å². The maximum Gasteiger partial charge on any atom is 0.338 e. The van der Waals surface area contributed by atoms with E-state index in [1.165, 1.54) is 15.9 Å². The van der Waals surface area contributed by atoms with E-state index in [1.807, 2.05) is 31.2 Å². The van der Waals surface area contributed by atoms with Crippen molar-refractivity contribution in [1.82, 2.24) is 4.57 Å². The monoisotopic (exact) mass is 586 g/mol. The third-order valence-electron chi connectivity index (χ3n) is 5.80. The first-order valence-corrected chi connectivity index (χ1v) is 13.3. The number of aromatic nitrogens is 1. The van der Waals surface area contributed by atoms with Gasteiger partial charge in [0.2, 0.25) is 0 Å². The number of nitrogens with zero attached hydrogens (tertiary/aromatic N) is 2. The van der Waals surface area contributed by atoms with Crippen molar-refractivity contribution in [2.45, 2.75) is 26.8 Å². The molecule has 2 heterocycles. The highest BCUT2D eigenvalue weighted by Gasteiger charge is 2.34. The van der Waals surface area contributed by atoms with Crippen molar-refractivity contribution in [3.63, 3.8) is 0 Å². The molecule has 0 bridgehead atoms. The summed E-state index contributed by atoms with van der Waals surface area (Å²) in [6.45, 7) is 5.99. The van der Waals surface area contributed by atoms with Gasteiger partial charge in [0.15, 0.2) is 16.3 Å². The fraction of sp³-hybridized carbons (Fsp3) is 0.296. The minimum Gasteiger partial charge on any atom is -0.496 e. The van der Waals surface area contributed by atoms with Crippen LogP contribution in [-0.4, -0.2) is 38.0 Å². The number of rotatable bonds is 8. The maximum atomic E-state index is 13.9. The number of halogens is 1. The largest absolute Gasteiger partial charge is 0.496 e. The Balaban J connectivity index is 1.98. The van der Waals surface area contributed by atoms with Crippen molar-refractivity contribution < 1.29 is 23.7 Å². The average Bonchev–Trinajstić information content (AvgIpc) is 3.17. The Morgan fingerprint density at radius 3 is 2.49 bits per heavy atom. The van der Waals surface area contributed by atoms with Gasteiger partial charge in [-0.3, -0.25) is 9.36 Å². The first-order chi connectivity index (χ1) is 17.8. The van der Waals surface area contributed by atoms with E-state index in [0.717, 1.165) is 10.0 Å². The Labute approximate surface area is 226 Å². The molecule has 0 spiro atoms. The van der Waals surface area contributed by atoms with Crippen molar-refractivity contribution in [1.29, 1.82) is 0 Å². The molecule has 0 saturated heterocycles. The SMILES string of the molecule is CCOC(=O)C1=C(C)N=c2s/c(=C/c3cc(Br)ccc3OC)c(=O)n2C1c1ccc(OC)c(OCC)c1. The second-order valence-electron chi connectivity index (χ2n) is 8.03. The number of thiazole rings is 1. The van der Waals surface area contributed by atoms with Crippen LogP contribution in [0.15, 0.2) is 61.9 Å². The lowest BCUT2D eigenvalue weighted by Crippen LogP contribution is -2.40. The second-order valence-corrected chi connectivity index (χ2v) is 9.96. The highest BCUT2D eigenvalue weighted by molar-refractivity contribution is 9.10. The summed E-state index contributed by atoms with van der Waals surface area (Å²) in [5, 5.41) is 0. The molecule has 1 aliphatic rings. The van der Waals surface area contributed by atoms with E-state index < -0.39 is 12.0 Å². The number of hydrogen-bond acceptors (Lipinski definition) is 8. The Bertz CT molecular complexity index is 1560. The van der Waals surface area contributed by atoms with Gasteiger partial charge in [-0.15, -0.1) is 0 Å². The molecule has 8 nitrogen and oxygen atoms in total. The van der Waals surface area contributed by atoms with Crippen LogP contribution in [-0.2, 0) is 9.53 Å². The third-order valence-corrected chi connectivity index (χ3v) is 7.27. The zero-order valence-corrected chi connectivity index (χ0v) is 23.6. The van der Waals surface area contributed by atoms with E-state index in [-0.39, 0.29) is 12.2 Å². The van der Waals surface area contributed by atoms with Gasteiger partial charge in [0.1, 0.15) is 5.75 Å². The maximum absolute atomic E-state index is 13.9. The highest BCUT2D eigenvalue weighted by atomic mass is 79.9. The summed E-state index contributed by atoms with van der Waals surface area (Å²) in [5.74, 6) is 1.18. The molecule has 1 atom stereocenters. The molecule has 1 unspecified atom stereocenters. The lowest BCUT2D eigenvalue weighted by molar-refractivity contribution is -0.139. The molecule has 0 fully saturated rings. The van der Waals surface area contributed by atoms with Crippen molar-refractivity contribution >= 4 is 39.3 Å². The van der Waals surface area contributed by atoms with Crippen LogP contribution in [0.5, 0.6) is 17.2 Å². The summed E-state index contributed by atoms with van der Waals surface area (Å²) >= 11 is 4.73. The average molecular weight is 587 g/mol. The van der Waals surface area contributed by atoms with Gasteiger partial charge in [0.05, 0.1) is 49.3 Å². The fourth-order valence-corrected chi connectivity index (χ4v) is 5.61. The number of carbonyl (C=O) groups excluding carboxylic acids is 1. The van der Waals surface area contributed by atoms with Crippen LogP contribution in [0.25, 0.3) is 6.08 Å². The predicted molar refractivity (Wildman–Crippen MR) is 145 cm³/mol. The molecule has 1 aliphatic heterocycles. The molecule has 0 amide bonds. The number of ether oxygens (including phenoxy) is 4. The molecule has 3 aromatic rings. The van der Waals surface area contributed by atoms with Gasteiger partial charge in [0, 0.05) is 10.0 Å². The minimum absolute atomic E-state index is 0.197. The summed E-state index contributed by atoms with van der Waals surface area (Å²) in [7, 11) is 3.14. The Morgan fingerprint density at radius 1 is 1.08 bits per heavy atom. The van der Waals surface area contributed by atoms with Crippen LogP contribution in [0.2, 0.25) is 0 Å². The van der Waals surface area contributed by atoms with E-state index in [1.54, 1.807) is 46.3 Å². The van der Waals surface area contributed by atoms with E-state index in [9.17, 15) is 9.59 Å². The topological polar surface area (TPSA) is 88.4 Å². The molecule has 1 aromatic heterocycles. The summed E-state index contributed by atoms with van der Waals surface area (Å²) < 4.78 is 24.9. The first kappa shape index (κ1) is 26.7. The minimum atomic E-state index is -0.757. The van der Waals surface area contributed by atoms with E-state index >= 15 is 0 Å². The van der Waals surface area contributed by atoms with Gasteiger partial charge in [-0.25, -0.2) is 9.79 Å². The van der Waals surface area contributed by atoms with Crippen LogP contribution >= 0.6 is 27.3 Å². The first-order valence-electron chi connectivity index (χ1n) is 11.7. The van der Waals surface area contributed by atoms with Crippen LogP contribution in [0.3, 0.4) is 0 Å². The molecule has 2 aromatic carbocycles. The molecule has 0 N–H and O–H groups in total. The fourth-order valence-electron chi connectivity index (χ4n) is 4.20. The molecular formula is C27H27BrN2O6S. The molecule has 37 heavy (non-hydrogen) atoms. The zero-order valence-electron chi connectivity index (χ0n) is 21.2. The lowest BCUT2D eigenvalue weighted by atomic mass is 9.95. The number of benzene rings is 2. The summed E-state index contributed by atoms with van der Waals surface area (Å²) in [6, 6.07) is 10.2. The van der Waals surface area contributed by atoms with Gasteiger partial charge in [-0.1, -0.05) is 33.3 Å². The smallest absolute Gasteiger partial charge is 0.338 e. The molecule has 10 heteroatoms. The standard InChI is InChI=1S/C27H27BrN2O6S/c1-6-35-21-13-16(8-10-20(21)34-5)24-23(26(32)36-7-2)15(3)29-27-30(24)25(31)22(37-27)14-17-12-18(28)9-11-19(17)33-4/h8-14,24H,6-7H2,1-5H3/b22-14+. The van der Waals surface area contributed by atoms with Crippen LogP contribution in [0.1, 0.15) is 37.9 Å². The van der Waals surface area contributed by atoms with Crippen LogP contribution in [0, 0.1) is 0 Å². The van der Waals surface area contributed by atoms with Gasteiger partial charge < -0.3 is 18.9 Å². The van der Waals surface area contributed by atoms with Gasteiger partial charge in [-0.05, 0) is 62.7 Å². The summed E-state index contributed by atoms with van der Waals surface area (Å²) in [6.07, 6.45) is 1.77. The summed E-state index contributed by atoms with van der Waals surface area (Å²) in [5.41, 5.74) is 1.93. The quantitative estimate of drug-likeness (QED) is 0.371. The van der Waals surface area contributed by atoms with Crippen LogP contribution < -0.4 is 29.1 Å². The Hall–Kier alpha value is -3.37. The number of allylic oxidation sites excluding steroid dienone is 1. The summed E-state index contributed by atoms with van der Waals surface area (Å²) in [4.78, 5) is 32.1. The van der Waals surface area contributed by atoms with Gasteiger partial charge >= 0.3 is 5.97 Å². The molecule has 0 radical (unpaired) electrons. The van der Waals surface area contributed by atoms with E-state index in [4.69, 9.17) is 18.9 Å². The molecule has 0 aliphatic carbocycles. The zero-order chi connectivity index (χ0) is 26.7. The second kappa shape index (κ2) is 11.4. The molecule has 4 rings (SSSR count). The number of hydrogen-bond donors (Lipinski definition) is 0. The molecule has 0 saturated carbocycles. The van der Waals surface area contributed by atoms with Gasteiger partial charge in [-0.2, -0.15) is 0 Å². The van der Waals surface area contributed by atoms with Crippen LogP contribution in [0.4, 0.5) is 0 Å². The predicted octanol–water partition coefficient (Wildman–Crippen LogP) is 3.98. The number of fused-ring (bicyclic) bond motifs is 1. The highest BCUT2D eigenvalue weighted by Crippen LogP contribution is 2.36. The normalized spacial score (nSPS) is 15.2. The molecular weight excluding hydrogens is 560 g/mol. The lowest BCUT2D eigenvalue weighted by Gasteiger charge is -2.25. The Kier molecular flexibility index (Phi) is 8.19. The van der Waals surface area contributed by atoms with Crippen molar-refractivity contribution in [3.8, 4) is 17.2 Å². The number of esters is 1. The molecule has 194 valence electrons.